The summed E-state index contributed by atoms with van der Waals surface area (Å²) in [6.45, 7) is 2.00. The van der Waals surface area contributed by atoms with Gasteiger partial charge in [-0.1, -0.05) is 0 Å². The number of hydrogen-bond donors (Lipinski definition) is 2. The Bertz CT molecular complexity index is 40.5. The van der Waals surface area contributed by atoms with Crippen LogP contribution in [0.5, 0.6) is 0 Å². The lowest BCUT2D eigenvalue weighted by Crippen LogP contribution is -2.26. The van der Waals surface area contributed by atoms with Gasteiger partial charge in [0, 0.05) is 0 Å². The molecule has 0 fully saturated rings. The molecular formula is C4H11NO3. The minimum absolute atomic E-state index is 1.28. The highest BCUT2D eigenvalue weighted by atomic mass is 16.5. The van der Waals surface area contributed by atoms with E-state index in [9.17, 15) is 0 Å². The first-order valence-electron chi connectivity index (χ1n) is 1.96. The van der Waals surface area contributed by atoms with Crippen LogP contribution in [0.1, 0.15) is 0 Å². The first-order valence-corrected chi connectivity index (χ1v) is 1.96. The van der Waals surface area contributed by atoms with Crippen molar-refractivity contribution >= 4 is 6.79 Å². The Morgan fingerprint density at radius 2 is 1.50 bits per heavy atom. The Hall–Kier alpha value is -0.450. The SMILES string of the molecule is C=O.CN(C)C(O)O. The van der Waals surface area contributed by atoms with Crippen LogP contribution in [0.3, 0.4) is 0 Å². The minimum atomic E-state index is -1.31. The highest BCUT2D eigenvalue weighted by Gasteiger charge is 1.94. The van der Waals surface area contributed by atoms with E-state index in [0.29, 0.717) is 0 Å². The molecule has 0 radical (unpaired) electrons. The van der Waals surface area contributed by atoms with Crippen molar-refractivity contribution in [2.24, 2.45) is 0 Å². The van der Waals surface area contributed by atoms with Gasteiger partial charge in [-0.15, -0.1) is 0 Å². The first kappa shape index (κ1) is 10.5. The maximum atomic E-state index is 8.11. The Morgan fingerprint density at radius 3 is 1.50 bits per heavy atom. The molecule has 0 unspecified atom stereocenters. The zero-order valence-corrected chi connectivity index (χ0v) is 5.03. The molecule has 0 aliphatic heterocycles. The molecular weight excluding hydrogens is 110 g/mol. The quantitative estimate of drug-likeness (QED) is 0.420. The van der Waals surface area contributed by atoms with Gasteiger partial charge in [0.2, 0.25) is 6.41 Å². The summed E-state index contributed by atoms with van der Waals surface area (Å²) in [5.41, 5.74) is 0. The van der Waals surface area contributed by atoms with Crippen molar-refractivity contribution in [1.82, 2.24) is 4.90 Å². The predicted molar refractivity (Wildman–Crippen MR) is 29.0 cm³/mol. The van der Waals surface area contributed by atoms with E-state index < -0.39 is 6.41 Å². The largest absolute Gasteiger partial charge is 0.356 e. The highest BCUT2D eigenvalue weighted by Crippen LogP contribution is 1.75. The Balaban J connectivity index is 0. The molecule has 4 nitrogen and oxygen atoms in total. The molecule has 2 N–H and O–H groups in total. The van der Waals surface area contributed by atoms with E-state index in [1.807, 2.05) is 6.79 Å². The number of nitrogens with zero attached hydrogens (tertiary/aromatic N) is 1. The Labute approximate surface area is 48.3 Å². The Kier molecular flexibility index (Phi) is 8.61. The second-order valence-corrected chi connectivity index (χ2v) is 1.31. The lowest BCUT2D eigenvalue weighted by molar-refractivity contribution is -0.134. The minimum Gasteiger partial charge on any atom is -0.356 e. The average molecular weight is 121 g/mol. The van der Waals surface area contributed by atoms with E-state index in [4.69, 9.17) is 15.0 Å². The van der Waals surface area contributed by atoms with Crippen LogP contribution >= 0.6 is 0 Å². The third-order valence-corrected chi connectivity index (χ3v) is 0.462. The van der Waals surface area contributed by atoms with E-state index in [2.05, 4.69) is 0 Å². The number of rotatable bonds is 1. The smallest absolute Gasteiger partial charge is 0.213 e. The highest BCUT2D eigenvalue weighted by molar-refractivity contribution is 5.10. The number of hydrogen-bond acceptors (Lipinski definition) is 4. The van der Waals surface area contributed by atoms with Gasteiger partial charge in [0.05, 0.1) is 0 Å². The van der Waals surface area contributed by atoms with Crippen LogP contribution in [-0.2, 0) is 4.79 Å². The zero-order chi connectivity index (χ0) is 7.15. The van der Waals surface area contributed by atoms with Gasteiger partial charge in [-0.3, -0.25) is 4.90 Å². The molecule has 0 aliphatic rings. The number of carbonyl (C=O) groups is 1. The van der Waals surface area contributed by atoms with Crippen LogP contribution in [0.25, 0.3) is 0 Å². The van der Waals surface area contributed by atoms with E-state index in [-0.39, 0.29) is 0 Å². The molecule has 0 aromatic carbocycles. The topological polar surface area (TPSA) is 60.8 Å². The fourth-order valence-corrected chi connectivity index (χ4v) is 0. The molecule has 0 atom stereocenters. The van der Waals surface area contributed by atoms with Crippen molar-refractivity contribution in [1.29, 1.82) is 0 Å². The van der Waals surface area contributed by atoms with Crippen LogP contribution in [-0.4, -0.2) is 42.4 Å². The molecule has 0 aromatic rings. The monoisotopic (exact) mass is 121 g/mol. The molecule has 0 heterocycles. The molecule has 0 amide bonds. The molecule has 0 bridgehead atoms. The van der Waals surface area contributed by atoms with E-state index in [0.717, 1.165) is 0 Å². The molecule has 4 heteroatoms. The third kappa shape index (κ3) is 9.12. The summed E-state index contributed by atoms with van der Waals surface area (Å²) < 4.78 is 0. The van der Waals surface area contributed by atoms with Gasteiger partial charge in [0.15, 0.2) is 0 Å². The van der Waals surface area contributed by atoms with Crippen molar-refractivity contribution in [2.75, 3.05) is 14.1 Å². The lowest BCUT2D eigenvalue weighted by atomic mass is 10.9. The van der Waals surface area contributed by atoms with Crippen LogP contribution < -0.4 is 0 Å². The van der Waals surface area contributed by atoms with Crippen molar-refractivity contribution < 1.29 is 15.0 Å². The van der Waals surface area contributed by atoms with Crippen molar-refractivity contribution in [3.05, 3.63) is 0 Å². The second-order valence-electron chi connectivity index (χ2n) is 1.31. The van der Waals surface area contributed by atoms with Gasteiger partial charge in [-0.2, -0.15) is 0 Å². The molecule has 50 valence electrons. The van der Waals surface area contributed by atoms with Gasteiger partial charge < -0.3 is 15.0 Å². The maximum absolute atomic E-state index is 8.11. The van der Waals surface area contributed by atoms with Crippen LogP contribution in [0.15, 0.2) is 0 Å². The predicted octanol–water partition coefficient (Wildman–Crippen LogP) is -1.37. The first-order chi connectivity index (χ1) is 3.64. The second kappa shape index (κ2) is 6.55. The number of aliphatic hydroxyl groups is 2. The summed E-state index contributed by atoms with van der Waals surface area (Å²) in [6, 6.07) is 0. The lowest BCUT2D eigenvalue weighted by Gasteiger charge is -2.09. The molecule has 0 saturated carbocycles. The van der Waals surface area contributed by atoms with Crippen molar-refractivity contribution in [2.45, 2.75) is 6.41 Å². The summed E-state index contributed by atoms with van der Waals surface area (Å²) in [7, 11) is 3.15. The molecule has 0 saturated heterocycles. The number of carbonyl (C=O) groups excluding carboxylic acids is 1. The van der Waals surface area contributed by atoms with Gasteiger partial charge >= 0.3 is 0 Å². The van der Waals surface area contributed by atoms with Crippen molar-refractivity contribution in [3.8, 4) is 0 Å². The fourth-order valence-electron chi connectivity index (χ4n) is 0. The summed E-state index contributed by atoms with van der Waals surface area (Å²) >= 11 is 0. The summed E-state index contributed by atoms with van der Waals surface area (Å²) in [5.74, 6) is 0. The summed E-state index contributed by atoms with van der Waals surface area (Å²) in [6.07, 6.45) is -1.31. The van der Waals surface area contributed by atoms with Crippen LogP contribution in [0.4, 0.5) is 0 Å². The molecule has 0 aliphatic carbocycles. The van der Waals surface area contributed by atoms with Gasteiger partial charge in [0.25, 0.3) is 0 Å². The zero-order valence-electron chi connectivity index (χ0n) is 5.03. The van der Waals surface area contributed by atoms with Crippen LogP contribution in [0, 0.1) is 0 Å². The molecule has 0 spiro atoms. The van der Waals surface area contributed by atoms with Gasteiger partial charge in [-0.05, 0) is 14.1 Å². The standard InChI is InChI=1S/C3H9NO2.CH2O/c1-4(2)3(5)6;1-2/h3,5-6H,1-2H3;1H2. The van der Waals surface area contributed by atoms with Crippen molar-refractivity contribution in [3.63, 3.8) is 0 Å². The van der Waals surface area contributed by atoms with E-state index in [1.54, 1.807) is 14.1 Å². The molecule has 8 heavy (non-hydrogen) atoms. The summed E-state index contributed by atoms with van der Waals surface area (Å²) in [4.78, 5) is 9.28. The molecule has 0 rings (SSSR count). The number of aliphatic hydroxyl groups excluding tert-OH is 1. The third-order valence-electron chi connectivity index (χ3n) is 0.462. The van der Waals surface area contributed by atoms with Crippen LogP contribution in [0.2, 0.25) is 0 Å². The molecule has 0 aromatic heterocycles. The van der Waals surface area contributed by atoms with Gasteiger partial charge in [-0.25, -0.2) is 0 Å². The maximum Gasteiger partial charge on any atom is 0.213 e. The van der Waals surface area contributed by atoms with Gasteiger partial charge in [0.1, 0.15) is 6.79 Å². The van der Waals surface area contributed by atoms with E-state index >= 15 is 0 Å². The van der Waals surface area contributed by atoms with E-state index in [1.165, 1.54) is 4.90 Å². The average Bonchev–Trinajstić information content (AvgIpc) is 1.72. The normalized spacial score (nSPS) is 8.75. The fraction of sp³-hybridized carbons (Fsp3) is 0.750. The summed E-state index contributed by atoms with van der Waals surface area (Å²) in [5, 5.41) is 16.2. The Morgan fingerprint density at radius 1 is 1.38 bits per heavy atom.